The molecule has 0 aromatic carbocycles. The Morgan fingerprint density at radius 2 is 1.46 bits per heavy atom. The number of carbonyl (C=O) groups excluding carboxylic acids is 2. The second kappa shape index (κ2) is 8.57. The van der Waals surface area contributed by atoms with E-state index < -0.39 is 11.5 Å². The zero-order valence-electron chi connectivity index (χ0n) is 24.3. The maximum atomic E-state index is 13.4. The number of ether oxygens (including phenoxy) is 2. The molecule has 5 fully saturated rings. The average Bonchev–Trinajstić information content (AvgIpc) is 3.27. The van der Waals surface area contributed by atoms with Gasteiger partial charge in [0.2, 0.25) is 0 Å². The highest BCUT2D eigenvalue weighted by atomic mass is 16.5. The van der Waals surface area contributed by atoms with Crippen molar-refractivity contribution in [1.82, 2.24) is 0 Å². The zero-order chi connectivity index (χ0) is 27.2. The molecule has 37 heavy (non-hydrogen) atoms. The van der Waals surface area contributed by atoms with E-state index in [0.29, 0.717) is 30.1 Å². The molecule has 11 unspecified atom stereocenters. The summed E-state index contributed by atoms with van der Waals surface area (Å²) in [6.45, 7) is 16.0. The Morgan fingerprint density at radius 1 is 0.784 bits per heavy atom. The molecular formula is C32H50O5. The molecule has 208 valence electrons. The first-order valence-corrected chi connectivity index (χ1v) is 14.8. The molecule has 0 bridgehead atoms. The summed E-state index contributed by atoms with van der Waals surface area (Å²) in [6, 6.07) is 0. The zero-order valence-corrected chi connectivity index (χ0v) is 24.3. The predicted octanol–water partition coefficient (Wildman–Crippen LogP) is 6.33. The van der Waals surface area contributed by atoms with Gasteiger partial charge < -0.3 is 14.6 Å². The van der Waals surface area contributed by atoms with Gasteiger partial charge in [-0.15, -0.1) is 0 Å². The second-order valence-electron chi connectivity index (χ2n) is 14.7. The average molecular weight is 515 g/mol. The van der Waals surface area contributed by atoms with Crippen LogP contribution in [-0.2, 0) is 19.1 Å². The summed E-state index contributed by atoms with van der Waals surface area (Å²) in [4.78, 5) is 26.5. The van der Waals surface area contributed by atoms with Gasteiger partial charge in [-0.2, -0.15) is 0 Å². The van der Waals surface area contributed by atoms with Crippen molar-refractivity contribution in [3.05, 3.63) is 12.2 Å². The van der Waals surface area contributed by atoms with Crippen molar-refractivity contribution in [2.24, 2.45) is 56.7 Å². The highest BCUT2D eigenvalue weighted by Crippen LogP contribution is 2.77. The Kier molecular flexibility index (Phi) is 6.30. The van der Waals surface area contributed by atoms with Crippen molar-refractivity contribution in [1.29, 1.82) is 0 Å². The topological polar surface area (TPSA) is 72.8 Å². The van der Waals surface area contributed by atoms with Crippen LogP contribution in [-0.4, -0.2) is 37.4 Å². The first kappa shape index (κ1) is 27.2. The summed E-state index contributed by atoms with van der Waals surface area (Å²) >= 11 is 0. The van der Waals surface area contributed by atoms with Crippen molar-refractivity contribution in [3.63, 3.8) is 0 Å². The quantitative estimate of drug-likeness (QED) is 0.352. The predicted molar refractivity (Wildman–Crippen MR) is 143 cm³/mol. The number of allylic oxidation sites excluding steroid dienone is 1. The van der Waals surface area contributed by atoms with Crippen LogP contribution in [0.25, 0.3) is 0 Å². The van der Waals surface area contributed by atoms with Gasteiger partial charge in [0.1, 0.15) is 0 Å². The van der Waals surface area contributed by atoms with Gasteiger partial charge in [0.25, 0.3) is 0 Å². The molecule has 1 N–H and O–H groups in total. The fourth-order valence-electron chi connectivity index (χ4n) is 11.9. The molecule has 11 atom stereocenters. The molecule has 0 aromatic rings. The third-order valence-electron chi connectivity index (χ3n) is 13.9. The molecule has 5 aliphatic carbocycles. The molecule has 5 aliphatic rings. The minimum Gasteiger partial charge on any atom is -0.469 e. The monoisotopic (exact) mass is 514 g/mol. The minimum absolute atomic E-state index is 0.00126. The number of aliphatic hydroxyl groups is 1. The summed E-state index contributed by atoms with van der Waals surface area (Å²) < 4.78 is 10.8. The second-order valence-corrected chi connectivity index (χ2v) is 14.7. The summed E-state index contributed by atoms with van der Waals surface area (Å²) in [7, 11) is 3.02. The van der Waals surface area contributed by atoms with E-state index in [1.807, 2.05) is 6.92 Å². The van der Waals surface area contributed by atoms with E-state index in [1.165, 1.54) is 12.7 Å². The lowest BCUT2D eigenvalue weighted by Crippen LogP contribution is -2.68. The number of fused-ring (bicyclic) bond motifs is 7. The van der Waals surface area contributed by atoms with Gasteiger partial charge in [-0.05, 0) is 124 Å². The molecule has 0 spiro atoms. The number of hydrogen-bond acceptors (Lipinski definition) is 5. The van der Waals surface area contributed by atoms with Crippen LogP contribution >= 0.6 is 0 Å². The molecule has 0 amide bonds. The smallest absolute Gasteiger partial charge is 0.314 e. The highest BCUT2D eigenvalue weighted by molar-refractivity contribution is 5.78. The van der Waals surface area contributed by atoms with Crippen LogP contribution in [0.3, 0.4) is 0 Å². The van der Waals surface area contributed by atoms with E-state index in [0.717, 1.165) is 57.8 Å². The van der Waals surface area contributed by atoms with Crippen molar-refractivity contribution in [2.75, 3.05) is 14.2 Å². The highest BCUT2D eigenvalue weighted by Gasteiger charge is 2.73. The normalized spacial score (nSPS) is 52.6. The van der Waals surface area contributed by atoms with Crippen LogP contribution in [0, 0.1) is 56.7 Å². The minimum atomic E-state index is -0.857. The van der Waals surface area contributed by atoms with Gasteiger partial charge >= 0.3 is 11.9 Å². The number of hydrogen-bond donors (Lipinski definition) is 1. The maximum Gasteiger partial charge on any atom is 0.314 e. The van der Waals surface area contributed by atoms with Crippen LogP contribution in [0.15, 0.2) is 12.2 Å². The maximum absolute atomic E-state index is 13.4. The van der Waals surface area contributed by atoms with Gasteiger partial charge in [-0.3, -0.25) is 9.59 Å². The lowest BCUT2D eigenvalue weighted by Gasteiger charge is -2.72. The van der Waals surface area contributed by atoms with E-state index in [1.54, 1.807) is 7.11 Å². The van der Waals surface area contributed by atoms with E-state index in [-0.39, 0.29) is 39.5 Å². The molecule has 5 heteroatoms. The Balaban J connectivity index is 1.56. The number of esters is 2. The van der Waals surface area contributed by atoms with Crippen LogP contribution in [0.2, 0.25) is 0 Å². The number of carbonyl (C=O) groups is 2. The first-order valence-electron chi connectivity index (χ1n) is 14.8. The van der Waals surface area contributed by atoms with Crippen molar-refractivity contribution < 1.29 is 24.2 Å². The molecule has 0 heterocycles. The van der Waals surface area contributed by atoms with Gasteiger partial charge in [-0.25, -0.2) is 0 Å². The molecule has 0 saturated heterocycles. The van der Waals surface area contributed by atoms with Crippen LogP contribution in [0.1, 0.15) is 98.8 Å². The van der Waals surface area contributed by atoms with Gasteiger partial charge in [0.05, 0.1) is 31.2 Å². The number of methoxy groups -OCH3 is 2. The van der Waals surface area contributed by atoms with Gasteiger partial charge in [0.15, 0.2) is 0 Å². The fourth-order valence-corrected chi connectivity index (χ4v) is 11.9. The lowest BCUT2D eigenvalue weighted by molar-refractivity contribution is -0.252. The Bertz CT molecular complexity index is 990. The Morgan fingerprint density at radius 3 is 2.08 bits per heavy atom. The molecule has 0 aromatic heterocycles. The van der Waals surface area contributed by atoms with Crippen molar-refractivity contribution in [2.45, 2.75) is 105 Å². The standard InChI is InChI=1S/C32H50O5/c1-19(2)20-11-16-32(27(35)37-8)18-17-29(4)21(25(20)32)9-10-22-28(3)14-13-24(33)31(6,26(34)36-7)23(28)12-15-30(22,29)5/h20-25,33H,1,9-18H2,2-8H3. The van der Waals surface area contributed by atoms with Crippen molar-refractivity contribution >= 4 is 11.9 Å². The van der Waals surface area contributed by atoms with E-state index in [2.05, 4.69) is 34.3 Å². The third-order valence-corrected chi connectivity index (χ3v) is 13.9. The third kappa shape index (κ3) is 3.19. The van der Waals surface area contributed by atoms with E-state index in [9.17, 15) is 14.7 Å². The molecule has 5 rings (SSSR count). The molecular weight excluding hydrogens is 464 g/mol. The molecule has 0 aliphatic heterocycles. The Hall–Kier alpha value is -1.36. The van der Waals surface area contributed by atoms with Crippen molar-refractivity contribution in [3.8, 4) is 0 Å². The van der Waals surface area contributed by atoms with Gasteiger partial charge in [-0.1, -0.05) is 32.9 Å². The largest absolute Gasteiger partial charge is 0.469 e. The van der Waals surface area contributed by atoms with Crippen LogP contribution in [0.5, 0.6) is 0 Å². The van der Waals surface area contributed by atoms with E-state index >= 15 is 0 Å². The molecule has 5 saturated carbocycles. The Labute approximate surface area is 224 Å². The summed E-state index contributed by atoms with van der Waals surface area (Å²) in [6.07, 6.45) is 9.09. The van der Waals surface area contributed by atoms with Crippen LogP contribution in [0.4, 0.5) is 0 Å². The number of rotatable bonds is 3. The summed E-state index contributed by atoms with van der Waals surface area (Å²) in [5.74, 6) is 1.48. The first-order chi connectivity index (χ1) is 17.3. The number of aliphatic hydroxyl groups excluding tert-OH is 1. The summed E-state index contributed by atoms with van der Waals surface area (Å²) in [5, 5.41) is 11.1. The van der Waals surface area contributed by atoms with E-state index in [4.69, 9.17) is 9.47 Å². The fraction of sp³-hybridized carbons (Fsp3) is 0.875. The van der Waals surface area contributed by atoms with Crippen LogP contribution < -0.4 is 0 Å². The summed E-state index contributed by atoms with van der Waals surface area (Å²) in [5.41, 5.74) is 0.198. The van der Waals surface area contributed by atoms with Gasteiger partial charge in [0, 0.05) is 0 Å². The lowest BCUT2D eigenvalue weighted by atomic mass is 9.32. The molecule has 5 nitrogen and oxygen atoms in total. The SMILES string of the molecule is C=C(C)C1CCC2(C(=O)OC)CCC3(C)C(CCC4C5(C)CCC(O)C(C)(C(=O)OC)C5CCC43C)C12. The molecule has 0 radical (unpaired) electrons.